The number of hydrogen-bond acceptors (Lipinski definition) is 6. The van der Waals surface area contributed by atoms with E-state index in [1.54, 1.807) is 20.1 Å². The monoisotopic (exact) mass is 478 g/mol. The molecule has 0 saturated carbocycles. The molecule has 0 bridgehead atoms. The zero-order valence-electron chi connectivity index (χ0n) is 17.6. The van der Waals surface area contributed by atoms with Crippen molar-refractivity contribution in [2.75, 3.05) is 33.4 Å². The minimum atomic E-state index is -3.85. The lowest BCUT2D eigenvalue weighted by Crippen LogP contribution is -2.40. The predicted octanol–water partition coefficient (Wildman–Crippen LogP) is 3.61. The largest absolute Gasteiger partial charge is 0.493 e. The van der Waals surface area contributed by atoms with Crippen LogP contribution in [0.3, 0.4) is 0 Å². The fraction of sp³-hybridized carbons (Fsp3) is 0.318. The summed E-state index contributed by atoms with van der Waals surface area (Å²) in [6.45, 7) is 2.89. The van der Waals surface area contributed by atoms with Gasteiger partial charge in [0.25, 0.3) is 5.91 Å². The minimum absolute atomic E-state index is 0.0606. The van der Waals surface area contributed by atoms with Crippen LogP contribution >= 0.6 is 11.6 Å². The Morgan fingerprint density at radius 2 is 1.94 bits per heavy atom. The summed E-state index contributed by atoms with van der Waals surface area (Å²) in [5.41, 5.74) is 0.776. The molecule has 0 spiro atoms. The first kappa shape index (κ1) is 22.6. The van der Waals surface area contributed by atoms with Crippen molar-refractivity contribution >= 4 is 38.5 Å². The number of morpholine rings is 1. The molecule has 1 atom stereocenters. The molecule has 1 amide bonds. The molecule has 4 rings (SSSR count). The van der Waals surface area contributed by atoms with Crippen LogP contribution < -0.4 is 10.1 Å². The number of halogens is 1. The fourth-order valence-electron chi connectivity index (χ4n) is 3.55. The number of ether oxygens (including phenoxy) is 2. The van der Waals surface area contributed by atoms with Gasteiger partial charge < -0.3 is 19.2 Å². The van der Waals surface area contributed by atoms with Gasteiger partial charge in [-0.2, -0.15) is 4.31 Å². The van der Waals surface area contributed by atoms with E-state index < -0.39 is 22.0 Å². The maximum Gasteiger partial charge on any atom is 0.251 e. The highest BCUT2D eigenvalue weighted by molar-refractivity contribution is 7.89. The summed E-state index contributed by atoms with van der Waals surface area (Å²) in [4.78, 5) is 12.8. The Morgan fingerprint density at radius 1 is 1.19 bits per heavy atom. The number of fused-ring (bicyclic) bond motifs is 1. The molecule has 8 nitrogen and oxygen atoms in total. The van der Waals surface area contributed by atoms with Crippen LogP contribution in [-0.4, -0.2) is 52.0 Å². The molecular formula is C22H23ClN2O6S. The van der Waals surface area contributed by atoms with Crippen LogP contribution in [0.4, 0.5) is 0 Å². The van der Waals surface area contributed by atoms with Crippen molar-refractivity contribution in [2.24, 2.45) is 0 Å². The second-order valence-electron chi connectivity index (χ2n) is 7.38. The van der Waals surface area contributed by atoms with Gasteiger partial charge in [-0.25, -0.2) is 8.42 Å². The van der Waals surface area contributed by atoms with Crippen molar-refractivity contribution in [1.82, 2.24) is 9.62 Å². The van der Waals surface area contributed by atoms with Gasteiger partial charge >= 0.3 is 0 Å². The summed E-state index contributed by atoms with van der Waals surface area (Å²) < 4.78 is 43.8. The van der Waals surface area contributed by atoms with E-state index in [1.807, 2.05) is 18.2 Å². The SMILES string of the molecule is COc1cccc2cc(C(C)NC(=O)c3ccc(Cl)c(S(=O)(=O)N4CCOCC4)c3)oc12. The molecule has 3 aromatic rings. The smallest absolute Gasteiger partial charge is 0.251 e. The third kappa shape index (κ3) is 4.33. The van der Waals surface area contributed by atoms with Crippen LogP contribution in [0.2, 0.25) is 5.02 Å². The quantitative estimate of drug-likeness (QED) is 0.581. The Bertz CT molecular complexity index is 1250. The van der Waals surface area contributed by atoms with Crippen molar-refractivity contribution in [3.05, 3.63) is 58.8 Å². The molecule has 10 heteroatoms. The van der Waals surface area contributed by atoms with Gasteiger partial charge in [0, 0.05) is 24.0 Å². The Labute approximate surface area is 191 Å². The van der Waals surface area contributed by atoms with Gasteiger partial charge in [0.2, 0.25) is 10.0 Å². The summed E-state index contributed by atoms with van der Waals surface area (Å²) in [7, 11) is -2.28. The van der Waals surface area contributed by atoms with E-state index in [0.717, 1.165) is 5.39 Å². The molecule has 0 aliphatic carbocycles. The molecule has 1 aliphatic heterocycles. The molecule has 1 aromatic heterocycles. The number of methoxy groups -OCH3 is 1. The number of benzene rings is 2. The van der Waals surface area contributed by atoms with E-state index in [-0.39, 0.29) is 28.6 Å². The number of sulfonamides is 1. The van der Waals surface area contributed by atoms with Gasteiger partial charge in [-0.05, 0) is 37.3 Å². The van der Waals surface area contributed by atoms with E-state index in [9.17, 15) is 13.2 Å². The van der Waals surface area contributed by atoms with Gasteiger partial charge in [-0.15, -0.1) is 0 Å². The second-order valence-corrected chi connectivity index (χ2v) is 9.70. The predicted molar refractivity (Wildman–Crippen MR) is 120 cm³/mol. The topological polar surface area (TPSA) is 98.1 Å². The van der Waals surface area contributed by atoms with Crippen molar-refractivity contribution in [2.45, 2.75) is 17.9 Å². The van der Waals surface area contributed by atoms with E-state index in [4.69, 9.17) is 25.5 Å². The molecule has 32 heavy (non-hydrogen) atoms. The van der Waals surface area contributed by atoms with Gasteiger partial charge in [-0.1, -0.05) is 23.7 Å². The number of carbonyl (C=O) groups excluding carboxylic acids is 1. The van der Waals surface area contributed by atoms with Crippen molar-refractivity contribution < 1.29 is 27.1 Å². The van der Waals surface area contributed by atoms with Crippen LogP contribution in [0.5, 0.6) is 5.75 Å². The number of rotatable bonds is 6. The Balaban J connectivity index is 1.57. The maximum atomic E-state index is 13.0. The van der Waals surface area contributed by atoms with Crippen molar-refractivity contribution in [1.29, 1.82) is 0 Å². The lowest BCUT2D eigenvalue weighted by Gasteiger charge is -2.26. The molecule has 2 aromatic carbocycles. The van der Waals surface area contributed by atoms with E-state index in [2.05, 4.69) is 5.32 Å². The molecule has 0 radical (unpaired) electrons. The molecule has 1 aliphatic rings. The third-order valence-electron chi connectivity index (χ3n) is 5.30. The summed E-state index contributed by atoms with van der Waals surface area (Å²) in [6, 6.07) is 11.1. The van der Waals surface area contributed by atoms with Crippen LogP contribution in [0.25, 0.3) is 11.0 Å². The van der Waals surface area contributed by atoms with Gasteiger partial charge in [0.15, 0.2) is 11.3 Å². The number of nitrogens with one attached hydrogen (secondary N) is 1. The Hall–Kier alpha value is -2.59. The third-order valence-corrected chi connectivity index (χ3v) is 7.68. The normalized spacial score (nSPS) is 16.1. The molecule has 1 saturated heterocycles. The molecule has 1 fully saturated rings. The lowest BCUT2D eigenvalue weighted by atomic mass is 10.1. The van der Waals surface area contributed by atoms with Crippen LogP contribution in [0, 0.1) is 0 Å². The first-order valence-electron chi connectivity index (χ1n) is 10.1. The highest BCUT2D eigenvalue weighted by Gasteiger charge is 2.29. The number of hydrogen-bond donors (Lipinski definition) is 1. The molecule has 1 unspecified atom stereocenters. The molecular weight excluding hydrogens is 456 g/mol. The zero-order chi connectivity index (χ0) is 22.9. The first-order valence-corrected chi connectivity index (χ1v) is 11.9. The van der Waals surface area contributed by atoms with Gasteiger partial charge in [0.1, 0.15) is 10.7 Å². The minimum Gasteiger partial charge on any atom is -0.493 e. The number of furan rings is 1. The average Bonchev–Trinajstić information content (AvgIpc) is 3.24. The van der Waals surface area contributed by atoms with Crippen molar-refractivity contribution in [3.8, 4) is 5.75 Å². The summed E-state index contributed by atoms with van der Waals surface area (Å²) in [6.07, 6.45) is 0. The standard InChI is InChI=1S/C22H23ClN2O6S/c1-14(19-12-15-4-3-5-18(29-2)21(15)31-19)24-22(26)16-6-7-17(23)20(13-16)32(27,28)25-8-10-30-11-9-25/h3-7,12-14H,8-11H2,1-2H3,(H,24,26). The van der Waals surface area contributed by atoms with E-state index in [0.29, 0.717) is 30.3 Å². The summed E-state index contributed by atoms with van der Waals surface area (Å²) in [5.74, 6) is 0.705. The van der Waals surface area contributed by atoms with Crippen LogP contribution in [0.1, 0.15) is 29.1 Å². The second kappa shape index (κ2) is 9.11. The van der Waals surface area contributed by atoms with Gasteiger partial charge in [-0.3, -0.25) is 4.79 Å². The molecule has 170 valence electrons. The Kier molecular flexibility index (Phi) is 6.43. The van der Waals surface area contributed by atoms with E-state index in [1.165, 1.54) is 22.5 Å². The summed E-state index contributed by atoms with van der Waals surface area (Å²) >= 11 is 6.18. The zero-order valence-corrected chi connectivity index (χ0v) is 19.2. The average molecular weight is 479 g/mol. The first-order chi connectivity index (χ1) is 15.3. The molecule has 2 heterocycles. The maximum absolute atomic E-state index is 13.0. The van der Waals surface area contributed by atoms with Crippen LogP contribution in [0.15, 0.2) is 51.8 Å². The highest BCUT2D eigenvalue weighted by atomic mass is 35.5. The number of nitrogens with zero attached hydrogens (tertiary/aromatic N) is 1. The number of carbonyl (C=O) groups is 1. The van der Waals surface area contributed by atoms with Gasteiger partial charge in [0.05, 0.1) is 31.4 Å². The lowest BCUT2D eigenvalue weighted by molar-refractivity contribution is 0.0730. The van der Waals surface area contributed by atoms with Crippen LogP contribution in [-0.2, 0) is 14.8 Å². The number of amides is 1. The van der Waals surface area contributed by atoms with E-state index >= 15 is 0 Å². The van der Waals surface area contributed by atoms with Crippen molar-refractivity contribution in [3.63, 3.8) is 0 Å². The fourth-order valence-corrected chi connectivity index (χ4v) is 5.46. The number of para-hydroxylation sites is 1. The summed E-state index contributed by atoms with van der Waals surface area (Å²) in [5, 5.41) is 3.76. The highest BCUT2D eigenvalue weighted by Crippen LogP contribution is 2.31. The Morgan fingerprint density at radius 3 is 2.66 bits per heavy atom. The molecule has 1 N–H and O–H groups in total.